The molecule has 3 aromatic rings. The summed E-state index contributed by atoms with van der Waals surface area (Å²) in [5, 5.41) is 2.89. The molecule has 0 N–H and O–H groups in total. The zero-order valence-corrected chi connectivity index (χ0v) is 19.0. The highest BCUT2D eigenvalue weighted by Crippen LogP contribution is 2.35. The largest absolute Gasteiger partial charge is 0.348 e. The number of aryl methyl sites for hydroxylation is 1. The van der Waals surface area contributed by atoms with Gasteiger partial charge in [-0.2, -0.15) is 0 Å². The number of nitrogens with zero attached hydrogens (tertiary/aromatic N) is 2. The van der Waals surface area contributed by atoms with E-state index in [-0.39, 0.29) is 14.9 Å². The number of sulfone groups is 1. The van der Waals surface area contributed by atoms with Gasteiger partial charge in [-0.3, -0.25) is 0 Å². The van der Waals surface area contributed by atoms with Crippen LogP contribution in [0.15, 0.2) is 52.7 Å². The van der Waals surface area contributed by atoms with Gasteiger partial charge in [0.05, 0.1) is 25.9 Å². The van der Waals surface area contributed by atoms with Crippen LogP contribution in [0.1, 0.15) is 18.4 Å². The van der Waals surface area contributed by atoms with Crippen LogP contribution in [-0.2, 0) is 9.84 Å². The molecule has 1 aliphatic heterocycles. The molecule has 1 saturated heterocycles. The Morgan fingerprint density at radius 2 is 1.83 bits per heavy atom. The van der Waals surface area contributed by atoms with Crippen molar-refractivity contribution in [2.24, 2.45) is 0 Å². The van der Waals surface area contributed by atoms with E-state index >= 15 is 0 Å². The van der Waals surface area contributed by atoms with Crippen LogP contribution in [0.5, 0.6) is 0 Å². The van der Waals surface area contributed by atoms with Crippen molar-refractivity contribution in [3.8, 4) is 11.3 Å². The standard InChI is InChI=1S/C21H20Cl2N2O2S2/c1-14-4-2-5-15(12-14)18-13-28-21(24-18)25-10-8-16(9-11-25)29(26,27)19-7-3-6-17(22)20(19)23/h2-7,12-13,16H,8-11H2,1H3. The monoisotopic (exact) mass is 466 g/mol. The van der Waals surface area contributed by atoms with Gasteiger partial charge in [-0.05, 0) is 38.0 Å². The molecule has 4 nitrogen and oxygen atoms in total. The average Bonchev–Trinajstić information content (AvgIpc) is 3.20. The van der Waals surface area contributed by atoms with Crippen molar-refractivity contribution in [2.75, 3.05) is 18.0 Å². The van der Waals surface area contributed by atoms with Crippen molar-refractivity contribution in [2.45, 2.75) is 29.9 Å². The van der Waals surface area contributed by atoms with E-state index in [0.29, 0.717) is 25.9 Å². The molecule has 1 fully saturated rings. The second kappa shape index (κ2) is 8.26. The van der Waals surface area contributed by atoms with E-state index in [2.05, 4.69) is 35.4 Å². The summed E-state index contributed by atoms with van der Waals surface area (Å²) < 4.78 is 26.1. The molecule has 1 aromatic heterocycles. The summed E-state index contributed by atoms with van der Waals surface area (Å²) >= 11 is 13.8. The van der Waals surface area contributed by atoms with Gasteiger partial charge in [0.2, 0.25) is 0 Å². The molecule has 0 aliphatic carbocycles. The number of piperidine rings is 1. The number of thiazole rings is 1. The first kappa shape index (κ1) is 20.7. The third-order valence-corrected chi connectivity index (χ3v) is 9.31. The Labute approximate surface area is 185 Å². The van der Waals surface area contributed by atoms with Crippen molar-refractivity contribution >= 4 is 49.5 Å². The van der Waals surface area contributed by atoms with E-state index in [1.54, 1.807) is 23.5 Å². The second-order valence-corrected chi connectivity index (χ2v) is 11.0. The molecule has 0 unspecified atom stereocenters. The van der Waals surface area contributed by atoms with Crippen LogP contribution >= 0.6 is 34.5 Å². The van der Waals surface area contributed by atoms with Crippen LogP contribution in [0.2, 0.25) is 10.0 Å². The summed E-state index contributed by atoms with van der Waals surface area (Å²) in [4.78, 5) is 7.06. The van der Waals surface area contributed by atoms with Crippen molar-refractivity contribution in [1.29, 1.82) is 0 Å². The molecule has 0 saturated carbocycles. The van der Waals surface area contributed by atoms with E-state index in [4.69, 9.17) is 28.2 Å². The zero-order valence-electron chi connectivity index (χ0n) is 15.8. The minimum absolute atomic E-state index is 0.110. The predicted octanol–water partition coefficient (Wildman–Crippen LogP) is 5.87. The lowest BCUT2D eigenvalue weighted by molar-refractivity contribution is 0.529. The lowest BCUT2D eigenvalue weighted by atomic mass is 10.1. The molecular weight excluding hydrogens is 447 g/mol. The molecule has 0 amide bonds. The molecule has 1 aliphatic rings. The van der Waals surface area contributed by atoms with Crippen LogP contribution in [0.3, 0.4) is 0 Å². The topological polar surface area (TPSA) is 50.3 Å². The SMILES string of the molecule is Cc1cccc(-c2csc(N3CCC(S(=O)(=O)c4cccc(Cl)c4Cl)CC3)n2)c1. The summed E-state index contributed by atoms with van der Waals surface area (Å²) in [5.74, 6) is 0. The van der Waals surface area contributed by atoms with Crippen LogP contribution < -0.4 is 4.90 Å². The normalized spacial score (nSPS) is 15.6. The van der Waals surface area contributed by atoms with Gasteiger partial charge in [-0.1, -0.05) is 53.0 Å². The number of halogens is 2. The van der Waals surface area contributed by atoms with Gasteiger partial charge in [0, 0.05) is 24.0 Å². The second-order valence-electron chi connectivity index (χ2n) is 7.17. The highest BCUT2D eigenvalue weighted by atomic mass is 35.5. The van der Waals surface area contributed by atoms with Gasteiger partial charge in [-0.15, -0.1) is 11.3 Å². The zero-order chi connectivity index (χ0) is 20.6. The number of benzene rings is 2. The molecule has 0 bridgehead atoms. The molecule has 8 heteroatoms. The summed E-state index contributed by atoms with van der Waals surface area (Å²) in [6.45, 7) is 3.35. The average molecular weight is 467 g/mol. The smallest absolute Gasteiger partial charge is 0.185 e. The van der Waals surface area contributed by atoms with Crippen molar-refractivity contribution in [1.82, 2.24) is 4.98 Å². The summed E-state index contributed by atoms with van der Waals surface area (Å²) in [6.07, 6.45) is 1.06. The quantitative estimate of drug-likeness (QED) is 0.482. The van der Waals surface area contributed by atoms with E-state index in [9.17, 15) is 8.42 Å². The Morgan fingerprint density at radius 1 is 1.10 bits per heavy atom. The van der Waals surface area contributed by atoms with Gasteiger partial charge < -0.3 is 4.90 Å². The fraction of sp³-hybridized carbons (Fsp3) is 0.286. The first-order chi connectivity index (χ1) is 13.9. The molecule has 0 spiro atoms. The van der Waals surface area contributed by atoms with Crippen molar-refractivity contribution in [3.05, 3.63) is 63.5 Å². The van der Waals surface area contributed by atoms with Gasteiger partial charge in [0.1, 0.15) is 0 Å². The molecule has 4 rings (SSSR count). The summed E-state index contributed by atoms with van der Waals surface area (Å²) in [6, 6.07) is 13.0. The maximum Gasteiger partial charge on any atom is 0.185 e. The van der Waals surface area contributed by atoms with Gasteiger partial charge in [-0.25, -0.2) is 13.4 Å². The third kappa shape index (κ3) is 4.17. The molecule has 0 radical (unpaired) electrons. The number of anilines is 1. The Hall–Kier alpha value is -1.60. The molecule has 2 aromatic carbocycles. The minimum Gasteiger partial charge on any atom is -0.348 e. The maximum atomic E-state index is 13.0. The van der Waals surface area contributed by atoms with Crippen molar-refractivity contribution in [3.63, 3.8) is 0 Å². The third-order valence-electron chi connectivity index (χ3n) is 5.18. The van der Waals surface area contributed by atoms with E-state index < -0.39 is 15.1 Å². The fourth-order valence-electron chi connectivity index (χ4n) is 3.59. The molecule has 29 heavy (non-hydrogen) atoms. The van der Waals surface area contributed by atoms with Crippen LogP contribution in [0, 0.1) is 6.92 Å². The molecule has 0 atom stereocenters. The van der Waals surface area contributed by atoms with Crippen LogP contribution in [-0.4, -0.2) is 31.7 Å². The molecule has 2 heterocycles. The Balaban J connectivity index is 1.48. The molecule has 152 valence electrons. The Bertz CT molecular complexity index is 1140. The number of hydrogen-bond donors (Lipinski definition) is 0. The lowest BCUT2D eigenvalue weighted by Crippen LogP contribution is -2.39. The maximum absolute atomic E-state index is 13.0. The highest BCUT2D eigenvalue weighted by Gasteiger charge is 2.33. The first-order valence-corrected chi connectivity index (χ1v) is 12.5. The van der Waals surface area contributed by atoms with E-state index in [1.165, 1.54) is 11.6 Å². The van der Waals surface area contributed by atoms with Crippen molar-refractivity contribution < 1.29 is 8.42 Å². The fourth-order valence-corrected chi connectivity index (χ4v) is 6.97. The van der Waals surface area contributed by atoms with Gasteiger partial charge in [0.15, 0.2) is 15.0 Å². The lowest BCUT2D eigenvalue weighted by Gasteiger charge is -2.31. The summed E-state index contributed by atoms with van der Waals surface area (Å²) in [7, 11) is -3.52. The van der Waals surface area contributed by atoms with E-state index in [0.717, 1.165) is 16.4 Å². The Morgan fingerprint density at radius 3 is 2.55 bits per heavy atom. The van der Waals surface area contributed by atoms with Gasteiger partial charge >= 0.3 is 0 Å². The number of rotatable bonds is 4. The highest BCUT2D eigenvalue weighted by molar-refractivity contribution is 7.92. The van der Waals surface area contributed by atoms with Gasteiger partial charge in [0.25, 0.3) is 0 Å². The predicted molar refractivity (Wildman–Crippen MR) is 121 cm³/mol. The molecular formula is C21H20Cl2N2O2S2. The summed E-state index contributed by atoms with van der Waals surface area (Å²) in [5.41, 5.74) is 3.25. The first-order valence-electron chi connectivity index (χ1n) is 9.31. The number of hydrogen-bond acceptors (Lipinski definition) is 5. The van der Waals surface area contributed by atoms with Crippen LogP contribution in [0.4, 0.5) is 5.13 Å². The minimum atomic E-state index is -3.52. The van der Waals surface area contributed by atoms with E-state index in [1.807, 2.05) is 6.07 Å². The Kier molecular flexibility index (Phi) is 5.89. The number of aromatic nitrogens is 1. The van der Waals surface area contributed by atoms with Crippen LogP contribution in [0.25, 0.3) is 11.3 Å².